The van der Waals surface area contributed by atoms with Crippen LogP contribution in [0.2, 0.25) is 0 Å². The molecular formula is C88H93ClF11Na4O30S7+. The van der Waals surface area contributed by atoms with Crippen LogP contribution in [-0.4, -0.2) is 124 Å². The first-order valence-electron chi connectivity index (χ1n) is 41.4. The van der Waals surface area contributed by atoms with Gasteiger partial charge in [0.2, 0.25) is 0 Å². The Morgan fingerprint density at radius 1 is 0.333 bits per heavy atom. The second-order valence-corrected chi connectivity index (χ2v) is 42.0. The fraction of sp³-hybridized carbons (Fsp3) is 0.489. The second kappa shape index (κ2) is 58.9. The molecule has 3 N–H and O–H groups in total. The van der Waals surface area contributed by atoms with Crippen molar-refractivity contribution in [1.82, 2.24) is 0 Å². The molecule has 6 aromatic rings. The first kappa shape index (κ1) is 130. The molecule has 8 atom stereocenters. The van der Waals surface area contributed by atoms with Crippen LogP contribution in [0.5, 0.6) is 0 Å². The van der Waals surface area contributed by atoms with Gasteiger partial charge in [-0.2, -0.15) is 61.2 Å². The minimum atomic E-state index is -4.16. The Hall–Kier alpha value is -3.32. The number of aliphatic hydroxyl groups is 1. The number of ketones is 4. The van der Waals surface area contributed by atoms with E-state index in [1.54, 1.807) is 0 Å². The van der Waals surface area contributed by atoms with E-state index in [-0.39, 0.29) is 248 Å². The van der Waals surface area contributed by atoms with Gasteiger partial charge in [-0.25, -0.2) is 24.0 Å². The van der Waals surface area contributed by atoms with Crippen LogP contribution in [0.4, 0.5) is 48.4 Å². The van der Waals surface area contributed by atoms with E-state index in [0.29, 0.717) is 69.5 Å². The third-order valence-corrected chi connectivity index (χ3v) is 31.8. The third-order valence-electron chi connectivity index (χ3n) is 24.8. The van der Waals surface area contributed by atoms with Crippen LogP contribution in [0.25, 0.3) is 0 Å². The van der Waals surface area contributed by atoms with Gasteiger partial charge in [0.1, 0.15) is 100 Å². The van der Waals surface area contributed by atoms with E-state index in [4.69, 9.17) is 24.6 Å². The van der Waals surface area contributed by atoms with Gasteiger partial charge in [-0.1, -0.05) is 117 Å². The summed E-state index contributed by atoms with van der Waals surface area (Å²) in [7, 11) is 0.728. The molecular weight excluding hydrogens is 2100 g/mol. The molecule has 0 radical (unpaired) electrons. The summed E-state index contributed by atoms with van der Waals surface area (Å²) in [6, 6.07) is 64.3. The Kier molecular flexibility index (Phi) is 54.3. The topological polar surface area (TPSA) is 446 Å². The van der Waals surface area contributed by atoms with Crippen LogP contribution in [0, 0.1) is 71.0 Å². The number of alkyl halides is 10. The molecule has 0 aromatic heterocycles. The third kappa shape index (κ3) is 35.4. The van der Waals surface area contributed by atoms with Crippen LogP contribution < -0.4 is 139 Å². The standard InChI is InChI=1S/2C18H15S.3C12H14F2O6S.C10H14O2.C3H3F3O4S.C2H2F2O5S.CH4.ClH.4Na.H2O/c2*1-4-10-16(11-5-1)19(17-12-6-2-7-13-17)18-14-8-3-9-15-18;3*13-12(14,21-20-19-17)10(16)18-11-3-6-1-7(4-11)9(15)8(2-6)5-11;11-9-7-1-6-2-8(9)5-10(12,3-6)4-7;1-8-2(7)3(4,5)11-10-9-6;3-2(4,1(5)6)10-9-8-7;;;;;;;/h2*1-15H;3*6-8,17H,1-5H2;6-8,12H,1-5H2;1H3;7H,(H,5,6);1H4;1H;;;;;1H2/q2*+1;;;;;;;;;4*+1;/p-5. The molecule has 0 spiro atoms. The largest absolute Gasteiger partial charge is 1.00 e. The van der Waals surface area contributed by atoms with Gasteiger partial charge in [-0.3, -0.25) is 39.3 Å². The molecule has 30 nitrogen and oxygen atoms in total. The van der Waals surface area contributed by atoms with Crippen molar-refractivity contribution in [2.24, 2.45) is 71.0 Å². The maximum absolute atomic E-state index is 13.4. The molecule has 16 aliphatic rings. The normalized spacial score (nSPS) is 26.3. The molecule has 16 saturated carbocycles. The predicted molar refractivity (Wildman–Crippen MR) is 459 cm³/mol. The molecule has 6 aromatic carbocycles. The quantitative estimate of drug-likeness (QED) is 0.00986. The molecule has 0 heterocycles. The van der Waals surface area contributed by atoms with Gasteiger partial charge in [-0.15, -0.1) is 16.7 Å². The first-order chi connectivity index (χ1) is 63.7. The Morgan fingerprint density at radius 2 is 0.525 bits per heavy atom. The van der Waals surface area contributed by atoms with Crippen LogP contribution in [0.1, 0.15) is 136 Å². The number of hydrogen-bond donors (Lipinski definition) is 2. The molecule has 53 heteroatoms. The Morgan fingerprint density at radius 3 is 0.716 bits per heavy atom. The van der Waals surface area contributed by atoms with Gasteiger partial charge in [0, 0.05) is 47.3 Å². The average molecular weight is 2190 g/mol. The first-order valence-corrected chi connectivity index (χ1v) is 47.6. The maximum Gasteiger partial charge on any atom is 1.00 e. The van der Waals surface area contributed by atoms with Crippen LogP contribution >= 0.6 is 72.6 Å². The zero-order valence-corrected chi connectivity index (χ0v) is 89.7. The van der Waals surface area contributed by atoms with Gasteiger partial charge >= 0.3 is 174 Å². The summed E-state index contributed by atoms with van der Waals surface area (Å²) in [6.07, 6.45) is 12.6. The average Bonchev–Trinajstić information content (AvgIpc) is 0.746. The molecule has 0 saturated heterocycles. The van der Waals surface area contributed by atoms with E-state index in [2.05, 4.69) is 234 Å². The van der Waals surface area contributed by atoms with Crippen LogP contribution in [-0.2, 0) is 131 Å². The van der Waals surface area contributed by atoms with Crippen molar-refractivity contribution in [2.45, 2.75) is 214 Å². The number of carboxylic acid groups (broad SMARTS) is 1. The minimum Gasteiger partial charge on any atom is -0.870 e. The molecule has 8 unspecified atom stereocenters. The number of esters is 4. The predicted octanol–water partition coefficient (Wildman–Crippen LogP) is 3.78. The van der Waals surface area contributed by atoms with E-state index < -0.39 is 139 Å². The van der Waals surface area contributed by atoms with E-state index >= 15 is 0 Å². The minimum absolute atomic E-state index is 0. The summed E-state index contributed by atoms with van der Waals surface area (Å²) < 4.78 is 175. The van der Waals surface area contributed by atoms with E-state index in [1.165, 1.54) is 29.4 Å². The van der Waals surface area contributed by atoms with Crippen molar-refractivity contribution in [2.75, 3.05) is 7.11 Å². The number of ether oxygens (including phenoxy) is 4. The smallest absolute Gasteiger partial charge is 0.870 e. The summed E-state index contributed by atoms with van der Waals surface area (Å²) in [4.78, 5) is 110. The molecule has 754 valence electrons. The van der Waals surface area contributed by atoms with Gasteiger partial charge in [0.05, 0.1) is 34.5 Å². The van der Waals surface area contributed by atoms with E-state index in [9.17, 15) is 112 Å². The van der Waals surface area contributed by atoms with Crippen molar-refractivity contribution < 1.29 is 312 Å². The summed E-state index contributed by atoms with van der Waals surface area (Å²) in [5.74, 6) is -7.88. The van der Waals surface area contributed by atoms with Crippen LogP contribution in [0.15, 0.2) is 211 Å². The number of carbonyl (C=O) groups excluding carboxylic acids is 8. The number of halogens is 12. The van der Waals surface area contributed by atoms with Gasteiger partial charge in [-0.05, 0) is 235 Å². The molecule has 22 rings (SSSR count). The Bertz CT molecular complexity index is 4380. The second-order valence-electron chi connectivity index (χ2n) is 33.9. The molecule has 16 bridgehead atoms. The number of benzene rings is 6. The summed E-state index contributed by atoms with van der Waals surface area (Å²) >= 11 is -3.76. The number of Topliss-reactive ketones (excluding diaryl/α,β-unsaturated/α-hetero) is 4. The fourth-order valence-corrected chi connectivity index (χ4v) is 25.9. The van der Waals surface area contributed by atoms with Crippen molar-refractivity contribution in [3.8, 4) is 0 Å². The molecule has 0 aliphatic heterocycles. The van der Waals surface area contributed by atoms with Gasteiger partial charge in [0.15, 0.2) is 29.4 Å². The molecule has 16 fully saturated rings. The SMILES string of the molecule is C.COC(=O)C(F)(F)SOOF.Cl.O=C(O)C(F)(F)SOO[O-].O=C1C2CC3CC1CC(O)(C3)C2.O=C1C2CC3CC1CC(OC(=O)C(F)(F)SOO[O-])(C3)C2.O=C1C2CC3CC1CC(OC(=O)C(F)(F)SOO[O-])(C3)C2.O=C1C2CC3CC1CC(OC(=O)C(F)(F)SOO[O-])(C3)C2.[Na+].[Na+].[Na+].[Na+].[OH-].c1ccc([S+](c2ccccc2)c2ccccc2)cc1.c1ccc([S+](c2ccccc2)c2ccccc2)cc1. The van der Waals surface area contributed by atoms with Crippen molar-refractivity contribution >= 4 is 147 Å². The zero-order chi connectivity index (χ0) is 97.0. The number of carbonyl (C=O) groups is 9. The van der Waals surface area contributed by atoms with Gasteiger partial charge < -0.3 is 55.7 Å². The summed E-state index contributed by atoms with van der Waals surface area (Å²) in [5, 5.41) is 48.5. The molecule has 141 heavy (non-hydrogen) atoms. The number of hydrogen-bond acceptors (Lipinski definition) is 34. The number of aliphatic carboxylic acids is 1. The van der Waals surface area contributed by atoms with Crippen molar-refractivity contribution in [3.63, 3.8) is 0 Å². The fourth-order valence-electron chi connectivity index (χ4n) is 20.6. The number of carboxylic acids is 1. The summed E-state index contributed by atoms with van der Waals surface area (Å²) in [5.41, 5.74) is -3.39. The number of rotatable bonds is 29. The molecule has 16 aliphatic carbocycles. The van der Waals surface area contributed by atoms with E-state index in [1.807, 2.05) is 0 Å². The van der Waals surface area contributed by atoms with Crippen molar-refractivity contribution in [3.05, 3.63) is 182 Å². The monoisotopic (exact) mass is 2190 g/mol. The van der Waals surface area contributed by atoms with Crippen molar-refractivity contribution in [1.29, 1.82) is 0 Å². The van der Waals surface area contributed by atoms with Gasteiger partial charge in [0.25, 0.3) is 0 Å². The number of methoxy groups -OCH3 is 1. The molecule has 0 amide bonds. The Balaban J connectivity index is 0.000000338. The van der Waals surface area contributed by atoms with Crippen LogP contribution in [0.3, 0.4) is 0 Å². The maximum atomic E-state index is 13.4. The Labute approximate surface area is 924 Å². The van der Waals surface area contributed by atoms with E-state index in [0.717, 1.165) is 77.7 Å². The zero-order valence-electron chi connectivity index (χ0n) is 75.2. The summed E-state index contributed by atoms with van der Waals surface area (Å²) in [6.45, 7) is 0.